The molecule has 0 aromatic heterocycles. The predicted octanol–water partition coefficient (Wildman–Crippen LogP) is 1.35. The zero-order valence-corrected chi connectivity index (χ0v) is 11.7. The van der Waals surface area contributed by atoms with Crippen molar-refractivity contribution in [1.29, 1.82) is 0 Å². The first-order valence-electron chi connectivity index (χ1n) is 6.87. The van der Waals surface area contributed by atoms with Crippen LogP contribution in [0.25, 0.3) is 0 Å². The number of hydrogen-bond acceptors (Lipinski definition) is 3. The van der Waals surface area contributed by atoms with E-state index in [2.05, 4.69) is 5.32 Å². The molecule has 4 N–H and O–H groups in total. The summed E-state index contributed by atoms with van der Waals surface area (Å²) in [4.78, 5) is 12.0. The third-order valence-corrected chi connectivity index (χ3v) is 4.34. The number of carbonyl (C=O) groups excluding carboxylic acids is 1. The van der Waals surface area contributed by atoms with Crippen LogP contribution in [0.4, 0.5) is 0 Å². The Morgan fingerprint density at radius 3 is 2.44 bits per heavy atom. The number of hydrogen-bond donors (Lipinski definition) is 3. The minimum atomic E-state index is -0.639. The topological polar surface area (TPSA) is 75.4 Å². The van der Waals surface area contributed by atoms with Gasteiger partial charge < -0.3 is 16.2 Å². The fraction of sp³-hybridized carbons (Fsp3) is 0.923. The van der Waals surface area contributed by atoms with Gasteiger partial charge in [0, 0.05) is 12.5 Å². The van der Waals surface area contributed by atoms with E-state index in [1.165, 1.54) is 0 Å². The zero-order chi connectivity index (χ0) is 12.3. The smallest absolute Gasteiger partial charge is 0.240 e. The van der Waals surface area contributed by atoms with E-state index in [1.807, 2.05) is 0 Å². The van der Waals surface area contributed by atoms with Crippen molar-refractivity contribution < 1.29 is 9.90 Å². The van der Waals surface area contributed by atoms with E-state index in [9.17, 15) is 9.90 Å². The molecule has 2 saturated carbocycles. The van der Waals surface area contributed by atoms with Crippen LogP contribution in [0.2, 0.25) is 0 Å². The Balaban J connectivity index is 0.00000162. The quantitative estimate of drug-likeness (QED) is 0.728. The van der Waals surface area contributed by atoms with Gasteiger partial charge in [-0.2, -0.15) is 0 Å². The number of nitrogens with two attached hydrogens (primary N) is 1. The maximum absolute atomic E-state index is 12.0. The van der Waals surface area contributed by atoms with Crippen LogP contribution in [0, 0.1) is 5.92 Å². The van der Waals surface area contributed by atoms with E-state index >= 15 is 0 Å². The van der Waals surface area contributed by atoms with Gasteiger partial charge in [-0.3, -0.25) is 4.79 Å². The van der Waals surface area contributed by atoms with Crippen LogP contribution in [0.15, 0.2) is 0 Å². The van der Waals surface area contributed by atoms with Crippen LogP contribution in [0.1, 0.15) is 51.4 Å². The van der Waals surface area contributed by atoms with Crippen molar-refractivity contribution in [3.8, 4) is 0 Å². The lowest BCUT2D eigenvalue weighted by atomic mass is 9.86. The van der Waals surface area contributed by atoms with Crippen LogP contribution in [-0.2, 0) is 4.79 Å². The predicted molar refractivity (Wildman–Crippen MR) is 73.6 cm³/mol. The normalized spacial score (nSPS) is 30.6. The minimum absolute atomic E-state index is 0. The van der Waals surface area contributed by atoms with E-state index in [1.54, 1.807) is 0 Å². The molecule has 0 saturated heterocycles. The third-order valence-electron chi connectivity index (χ3n) is 4.34. The molecule has 2 unspecified atom stereocenters. The van der Waals surface area contributed by atoms with Gasteiger partial charge in [-0.15, -0.1) is 12.4 Å². The van der Waals surface area contributed by atoms with Gasteiger partial charge in [0.05, 0.1) is 11.6 Å². The lowest BCUT2D eigenvalue weighted by Crippen LogP contribution is -2.53. The number of rotatable bonds is 3. The van der Waals surface area contributed by atoms with Crippen LogP contribution in [-0.4, -0.2) is 29.2 Å². The molecule has 0 aromatic rings. The van der Waals surface area contributed by atoms with Crippen molar-refractivity contribution in [2.45, 2.75) is 63.0 Å². The Labute approximate surface area is 115 Å². The van der Waals surface area contributed by atoms with Crippen LogP contribution >= 0.6 is 12.4 Å². The van der Waals surface area contributed by atoms with E-state index < -0.39 is 5.54 Å². The Hall–Kier alpha value is -0.320. The molecule has 2 aliphatic rings. The van der Waals surface area contributed by atoms with Crippen LogP contribution < -0.4 is 11.1 Å². The summed E-state index contributed by atoms with van der Waals surface area (Å²) >= 11 is 0. The molecule has 0 aromatic carbocycles. The number of halogens is 1. The first-order valence-corrected chi connectivity index (χ1v) is 6.87. The number of nitrogens with one attached hydrogen (secondary N) is 1. The Morgan fingerprint density at radius 1 is 1.22 bits per heavy atom. The van der Waals surface area contributed by atoms with E-state index in [0.717, 1.165) is 51.4 Å². The van der Waals surface area contributed by atoms with Crippen molar-refractivity contribution in [3.05, 3.63) is 0 Å². The number of carbonyl (C=O) groups is 1. The Morgan fingerprint density at radius 2 is 1.83 bits per heavy atom. The standard InChI is InChI=1S/C13H24N2O2.ClH/c14-13(7-3-4-8-13)12(17)15-9-10-5-1-2-6-11(10)16;/h10-11,16H,1-9,14H2,(H,15,17);1H. The highest BCUT2D eigenvalue weighted by atomic mass is 35.5. The Kier molecular flexibility index (Phi) is 5.89. The Bertz CT molecular complexity index is 280. The van der Waals surface area contributed by atoms with Gasteiger partial charge in [0.15, 0.2) is 0 Å². The average molecular weight is 277 g/mol. The molecule has 2 fully saturated rings. The van der Waals surface area contributed by atoms with E-state index in [4.69, 9.17) is 5.73 Å². The molecule has 2 aliphatic carbocycles. The van der Waals surface area contributed by atoms with Crippen molar-refractivity contribution in [2.24, 2.45) is 11.7 Å². The van der Waals surface area contributed by atoms with Crippen LogP contribution in [0.5, 0.6) is 0 Å². The van der Waals surface area contributed by atoms with Gasteiger partial charge in [0.2, 0.25) is 5.91 Å². The summed E-state index contributed by atoms with van der Waals surface area (Å²) in [7, 11) is 0. The fourth-order valence-electron chi connectivity index (χ4n) is 3.06. The minimum Gasteiger partial charge on any atom is -0.393 e. The van der Waals surface area contributed by atoms with Gasteiger partial charge in [0.25, 0.3) is 0 Å². The molecule has 0 bridgehead atoms. The lowest BCUT2D eigenvalue weighted by molar-refractivity contribution is -0.126. The molecule has 5 heteroatoms. The van der Waals surface area contributed by atoms with Gasteiger partial charge >= 0.3 is 0 Å². The number of aliphatic hydroxyl groups is 1. The van der Waals surface area contributed by atoms with Gasteiger partial charge in [0.1, 0.15) is 0 Å². The van der Waals surface area contributed by atoms with Crippen molar-refractivity contribution in [2.75, 3.05) is 6.54 Å². The largest absolute Gasteiger partial charge is 0.393 e. The summed E-state index contributed by atoms with van der Waals surface area (Å²) in [5, 5.41) is 12.8. The van der Waals surface area contributed by atoms with Crippen molar-refractivity contribution in [3.63, 3.8) is 0 Å². The second kappa shape index (κ2) is 6.73. The summed E-state index contributed by atoms with van der Waals surface area (Å²) in [5.74, 6) is 0.200. The van der Waals surface area contributed by atoms with Crippen molar-refractivity contribution in [1.82, 2.24) is 5.32 Å². The third kappa shape index (κ3) is 3.59. The van der Waals surface area contributed by atoms with Gasteiger partial charge in [-0.1, -0.05) is 25.7 Å². The second-order valence-corrected chi connectivity index (χ2v) is 5.69. The first kappa shape index (κ1) is 15.7. The highest BCUT2D eigenvalue weighted by molar-refractivity contribution is 5.86. The molecule has 2 atom stereocenters. The molecule has 1 amide bonds. The number of amides is 1. The molecule has 0 aliphatic heterocycles. The second-order valence-electron chi connectivity index (χ2n) is 5.69. The molecule has 18 heavy (non-hydrogen) atoms. The molecular weight excluding hydrogens is 252 g/mol. The summed E-state index contributed by atoms with van der Waals surface area (Å²) in [6.07, 6.45) is 7.59. The molecule has 0 radical (unpaired) electrons. The molecule has 0 spiro atoms. The first-order chi connectivity index (χ1) is 8.12. The molecule has 0 heterocycles. The highest BCUT2D eigenvalue weighted by Gasteiger charge is 2.37. The van der Waals surface area contributed by atoms with Crippen molar-refractivity contribution >= 4 is 18.3 Å². The summed E-state index contributed by atoms with van der Waals surface area (Å²) in [6.45, 7) is 0.582. The van der Waals surface area contributed by atoms with Crippen LogP contribution in [0.3, 0.4) is 0 Å². The highest BCUT2D eigenvalue weighted by Crippen LogP contribution is 2.28. The monoisotopic (exact) mass is 276 g/mol. The van der Waals surface area contributed by atoms with E-state index in [0.29, 0.717) is 6.54 Å². The maximum atomic E-state index is 12.0. The molecule has 2 rings (SSSR count). The molecule has 106 valence electrons. The lowest BCUT2D eigenvalue weighted by Gasteiger charge is -2.29. The fourth-order valence-corrected chi connectivity index (χ4v) is 3.06. The maximum Gasteiger partial charge on any atom is 0.240 e. The van der Waals surface area contributed by atoms with Gasteiger partial charge in [-0.25, -0.2) is 0 Å². The number of aliphatic hydroxyl groups excluding tert-OH is 1. The molecule has 4 nitrogen and oxygen atoms in total. The summed E-state index contributed by atoms with van der Waals surface area (Å²) in [5.41, 5.74) is 5.44. The molecular formula is C13H25ClN2O2. The SMILES string of the molecule is Cl.NC1(C(=O)NCC2CCCCC2O)CCCC1. The average Bonchev–Trinajstić information content (AvgIpc) is 2.76. The summed E-state index contributed by atoms with van der Waals surface area (Å²) in [6, 6.07) is 0. The van der Waals surface area contributed by atoms with E-state index in [-0.39, 0.29) is 30.3 Å². The summed E-state index contributed by atoms with van der Waals surface area (Å²) < 4.78 is 0. The zero-order valence-electron chi connectivity index (χ0n) is 10.9. The van der Waals surface area contributed by atoms with Gasteiger partial charge in [-0.05, 0) is 25.7 Å².